The molecule has 10 heteroatoms. The number of carbonyl (C=O) groups is 1. The molecule has 1 amide bonds. The SMILES string of the molecule is COc1ccc(CC(=O)N/N=C/c2ccc(-c3cc([N+](=O)[O-])ccc3Cl)o2)cc1OC. The number of rotatable bonds is 8. The number of ether oxygens (including phenoxy) is 2. The van der Waals surface area contributed by atoms with Crippen molar-refractivity contribution in [1.82, 2.24) is 5.43 Å². The number of nitro groups is 1. The molecule has 9 nitrogen and oxygen atoms in total. The van der Waals surface area contributed by atoms with Gasteiger partial charge in [-0.25, -0.2) is 5.43 Å². The second-order valence-electron chi connectivity index (χ2n) is 6.28. The van der Waals surface area contributed by atoms with Gasteiger partial charge in [0.2, 0.25) is 5.91 Å². The van der Waals surface area contributed by atoms with Gasteiger partial charge in [0.15, 0.2) is 11.5 Å². The van der Waals surface area contributed by atoms with E-state index in [-0.39, 0.29) is 18.0 Å². The third-order valence-electron chi connectivity index (χ3n) is 4.25. The topological polar surface area (TPSA) is 116 Å². The average molecular weight is 444 g/mol. The van der Waals surface area contributed by atoms with E-state index < -0.39 is 4.92 Å². The van der Waals surface area contributed by atoms with E-state index >= 15 is 0 Å². The van der Waals surface area contributed by atoms with Crippen molar-refractivity contribution in [2.45, 2.75) is 6.42 Å². The van der Waals surface area contributed by atoms with Gasteiger partial charge in [-0.05, 0) is 35.9 Å². The highest BCUT2D eigenvalue weighted by atomic mass is 35.5. The highest BCUT2D eigenvalue weighted by Gasteiger charge is 2.14. The van der Waals surface area contributed by atoms with Crippen molar-refractivity contribution in [2.75, 3.05) is 14.2 Å². The van der Waals surface area contributed by atoms with Crippen LogP contribution >= 0.6 is 11.6 Å². The lowest BCUT2D eigenvalue weighted by Crippen LogP contribution is -2.19. The van der Waals surface area contributed by atoms with Crippen LogP contribution in [0.1, 0.15) is 11.3 Å². The standard InChI is InChI=1S/C21H18ClN3O6/c1-29-19-7-3-13(9-20(19)30-2)10-21(26)24-23-12-15-5-8-18(31-15)16-11-14(25(27)28)4-6-17(16)22/h3-9,11-12H,10H2,1-2H3,(H,24,26)/b23-12+. The minimum Gasteiger partial charge on any atom is -0.493 e. The van der Waals surface area contributed by atoms with Gasteiger partial charge in [0.05, 0.1) is 36.8 Å². The Hall–Kier alpha value is -3.85. The van der Waals surface area contributed by atoms with Gasteiger partial charge in [-0.15, -0.1) is 0 Å². The summed E-state index contributed by atoms with van der Waals surface area (Å²) in [7, 11) is 3.05. The molecule has 0 aliphatic heterocycles. The van der Waals surface area contributed by atoms with E-state index in [1.54, 1.807) is 30.3 Å². The molecule has 0 atom stereocenters. The highest BCUT2D eigenvalue weighted by molar-refractivity contribution is 6.33. The number of non-ortho nitro benzene ring substituents is 1. The Bertz CT molecular complexity index is 1140. The Morgan fingerprint density at radius 2 is 1.94 bits per heavy atom. The van der Waals surface area contributed by atoms with Gasteiger partial charge in [0.1, 0.15) is 11.5 Å². The maximum atomic E-state index is 12.1. The van der Waals surface area contributed by atoms with E-state index in [0.29, 0.717) is 33.6 Å². The number of methoxy groups -OCH3 is 2. The minimum absolute atomic E-state index is 0.0877. The monoisotopic (exact) mass is 443 g/mol. The van der Waals surface area contributed by atoms with Crippen molar-refractivity contribution in [3.63, 3.8) is 0 Å². The van der Waals surface area contributed by atoms with Gasteiger partial charge in [0, 0.05) is 17.7 Å². The number of benzene rings is 2. The summed E-state index contributed by atoms with van der Waals surface area (Å²) in [5.41, 5.74) is 3.42. The van der Waals surface area contributed by atoms with Crippen molar-refractivity contribution in [2.24, 2.45) is 5.10 Å². The molecule has 0 radical (unpaired) electrons. The zero-order valence-electron chi connectivity index (χ0n) is 16.6. The number of nitrogens with one attached hydrogen (secondary N) is 1. The number of nitrogens with zero attached hydrogens (tertiary/aromatic N) is 2. The largest absolute Gasteiger partial charge is 0.493 e. The molecule has 0 aliphatic carbocycles. The second-order valence-corrected chi connectivity index (χ2v) is 6.69. The first kappa shape index (κ1) is 21.8. The molecule has 31 heavy (non-hydrogen) atoms. The van der Waals surface area contributed by atoms with Crippen LogP contribution in [-0.4, -0.2) is 31.3 Å². The molecule has 0 saturated carbocycles. The fourth-order valence-electron chi connectivity index (χ4n) is 2.77. The number of furan rings is 1. The Morgan fingerprint density at radius 3 is 2.65 bits per heavy atom. The number of nitro benzene ring substituents is 1. The third kappa shape index (κ3) is 5.40. The fourth-order valence-corrected chi connectivity index (χ4v) is 2.98. The molecule has 0 unspecified atom stereocenters. The van der Waals surface area contributed by atoms with Gasteiger partial charge in [-0.2, -0.15) is 5.10 Å². The Morgan fingerprint density at radius 1 is 1.16 bits per heavy atom. The summed E-state index contributed by atoms with van der Waals surface area (Å²) < 4.78 is 16.0. The lowest BCUT2D eigenvalue weighted by atomic mass is 10.1. The summed E-state index contributed by atoms with van der Waals surface area (Å²) in [6.45, 7) is 0. The predicted molar refractivity (Wildman–Crippen MR) is 115 cm³/mol. The van der Waals surface area contributed by atoms with Crippen LogP contribution < -0.4 is 14.9 Å². The van der Waals surface area contributed by atoms with Crippen LogP contribution in [0.5, 0.6) is 11.5 Å². The van der Waals surface area contributed by atoms with Crippen LogP contribution in [0.2, 0.25) is 5.02 Å². The first-order chi connectivity index (χ1) is 14.9. The fraction of sp³-hybridized carbons (Fsp3) is 0.143. The molecule has 1 N–H and O–H groups in total. The van der Waals surface area contributed by atoms with Gasteiger partial charge in [-0.3, -0.25) is 14.9 Å². The summed E-state index contributed by atoms with van der Waals surface area (Å²) in [6.07, 6.45) is 1.41. The summed E-state index contributed by atoms with van der Waals surface area (Å²) in [5.74, 6) is 1.44. The van der Waals surface area contributed by atoms with E-state index in [9.17, 15) is 14.9 Å². The lowest BCUT2D eigenvalue weighted by molar-refractivity contribution is -0.384. The van der Waals surface area contributed by atoms with Gasteiger partial charge < -0.3 is 13.9 Å². The number of hydrazone groups is 1. The van der Waals surface area contributed by atoms with Crippen molar-refractivity contribution in [3.05, 3.63) is 75.0 Å². The van der Waals surface area contributed by atoms with Crippen molar-refractivity contribution < 1.29 is 23.6 Å². The molecule has 0 aliphatic rings. The van der Waals surface area contributed by atoms with Gasteiger partial charge in [-0.1, -0.05) is 17.7 Å². The molecule has 2 aromatic carbocycles. The maximum absolute atomic E-state index is 12.1. The van der Waals surface area contributed by atoms with E-state index in [1.807, 2.05) is 0 Å². The molecule has 1 aromatic heterocycles. The Kier molecular flexibility index (Phi) is 6.88. The molecule has 160 valence electrons. The van der Waals surface area contributed by atoms with Crippen LogP contribution in [-0.2, 0) is 11.2 Å². The number of halogens is 1. The molecule has 0 fully saturated rings. The number of hydrogen-bond donors (Lipinski definition) is 1. The van der Waals surface area contributed by atoms with Crippen molar-refractivity contribution in [3.8, 4) is 22.8 Å². The van der Waals surface area contributed by atoms with Crippen LogP contribution in [0.25, 0.3) is 11.3 Å². The van der Waals surface area contributed by atoms with E-state index in [4.69, 9.17) is 25.5 Å². The smallest absolute Gasteiger partial charge is 0.270 e. The molecule has 0 bridgehead atoms. The van der Waals surface area contributed by atoms with E-state index in [2.05, 4.69) is 10.5 Å². The van der Waals surface area contributed by atoms with E-state index in [1.165, 1.54) is 38.6 Å². The molecule has 0 spiro atoms. The Balaban J connectivity index is 1.64. The summed E-state index contributed by atoms with van der Waals surface area (Å²) in [5, 5.41) is 15.1. The zero-order chi connectivity index (χ0) is 22.4. The number of amides is 1. The predicted octanol–water partition coefficient (Wildman–Crippen LogP) is 4.22. The molecule has 1 heterocycles. The maximum Gasteiger partial charge on any atom is 0.270 e. The molecule has 0 saturated heterocycles. The Labute approximate surface area is 182 Å². The van der Waals surface area contributed by atoms with Crippen LogP contribution in [0, 0.1) is 10.1 Å². The van der Waals surface area contributed by atoms with Crippen LogP contribution in [0.3, 0.4) is 0 Å². The zero-order valence-corrected chi connectivity index (χ0v) is 17.4. The number of carbonyl (C=O) groups excluding carboxylic acids is 1. The normalized spacial score (nSPS) is 10.8. The first-order valence-electron chi connectivity index (χ1n) is 8.98. The van der Waals surface area contributed by atoms with Crippen LogP contribution in [0.4, 0.5) is 5.69 Å². The quantitative estimate of drug-likeness (QED) is 0.316. The highest BCUT2D eigenvalue weighted by Crippen LogP contribution is 2.32. The molecule has 3 rings (SSSR count). The van der Waals surface area contributed by atoms with Crippen LogP contribution in [0.15, 0.2) is 58.0 Å². The first-order valence-corrected chi connectivity index (χ1v) is 9.36. The summed E-state index contributed by atoms with van der Waals surface area (Å²) in [4.78, 5) is 22.6. The molecular weight excluding hydrogens is 426 g/mol. The van der Waals surface area contributed by atoms with E-state index in [0.717, 1.165) is 5.56 Å². The molecule has 3 aromatic rings. The average Bonchev–Trinajstić information content (AvgIpc) is 3.22. The van der Waals surface area contributed by atoms with Crippen molar-refractivity contribution >= 4 is 29.4 Å². The number of hydrogen-bond acceptors (Lipinski definition) is 7. The second kappa shape index (κ2) is 9.77. The summed E-state index contributed by atoms with van der Waals surface area (Å²) in [6, 6.07) is 12.5. The summed E-state index contributed by atoms with van der Waals surface area (Å²) >= 11 is 6.12. The third-order valence-corrected chi connectivity index (χ3v) is 4.58. The van der Waals surface area contributed by atoms with Gasteiger partial charge >= 0.3 is 0 Å². The lowest BCUT2D eigenvalue weighted by Gasteiger charge is -2.09. The van der Waals surface area contributed by atoms with Gasteiger partial charge in [0.25, 0.3) is 5.69 Å². The minimum atomic E-state index is -0.515. The van der Waals surface area contributed by atoms with Crippen molar-refractivity contribution in [1.29, 1.82) is 0 Å². The molecular formula is C21H18ClN3O6.